The van der Waals surface area contributed by atoms with Crippen molar-refractivity contribution < 1.29 is 4.79 Å². The van der Waals surface area contributed by atoms with Gasteiger partial charge in [0.25, 0.3) is 5.91 Å². The van der Waals surface area contributed by atoms with E-state index in [2.05, 4.69) is 30.4 Å². The maximum Gasteiger partial charge on any atom is 0.263 e. The van der Waals surface area contributed by atoms with Gasteiger partial charge in [-0.2, -0.15) is 0 Å². The summed E-state index contributed by atoms with van der Waals surface area (Å²) in [6, 6.07) is 6.09. The summed E-state index contributed by atoms with van der Waals surface area (Å²) in [4.78, 5) is 15.0. The third-order valence-electron chi connectivity index (χ3n) is 3.41. The number of unbranched alkanes of at least 4 members (excludes halogenated alkanes) is 1. The molecule has 0 fully saturated rings. The SMILES string of the molecule is Cc1ccc2c(N)c(C(=O)NCCCCN(C)C)sc2c1. The van der Waals surface area contributed by atoms with Gasteiger partial charge in [-0.25, -0.2) is 0 Å². The van der Waals surface area contributed by atoms with Crippen molar-refractivity contribution in [2.24, 2.45) is 0 Å². The molecule has 1 aromatic carbocycles. The van der Waals surface area contributed by atoms with E-state index < -0.39 is 0 Å². The predicted molar refractivity (Wildman–Crippen MR) is 91.1 cm³/mol. The fraction of sp³-hybridized carbons (Fsp3) is 0.438. The molecule has 3 N–H and O–H groups in total. The summed E-state index contributed by atoms with van der Waals surface area (Å²) < 4.78 is 1.07. The number of fused-ring (bicyclic) bond motifs is 1. The molecule has 5 heteroatoms. The van der Waals surface area contributed by atoms with Crippen molar-refractivity contribution in [1.82, 2.24) is 10.2 Å². The Hall–Kier alpha value is -1.59. The maximum atomic E-state index is 12.2. The molecule has 4 nitrogen and oxygen atoms in total. The minimum absolute atomic E-state index is 0.0591. The second-order valence-corrected chi connectivity index (χ2v) is 6.66. The number of anilines is 1. The summed E-state index contributed by atoms with van der Waals surface area (Å²) in [5.74, 6) is -0.0591. The molecule has 21 heavy (non-hydrogen) atoms. The molecular weight excluding hydrogens is 282 g/mol. The lowest BCUT2D eigenvalue weighted by molar-refractivity contribution is 0.0957. The van der Waals surface area contributed by atoms with Crippen LogP contribution in [0, 0.1) is 6.92 Å². The standard InChI is InChI=1S/C16H23N3OS/c1-11-6-7-12-13(10-11)21-15(14(12)17)16(20)18-8-4-5-9-19(2)3/h6-7,10H,4-5,8-9,17H2,1-3H3,(H,18,20). The smallest absolute Gasteiger partial charge is 0.263 e. The number of nitrogens with zero attached hydrogens (tertiary/aromatic N) is 1. The summed E-state index contributed by atoms with van der Waals surface area (Å²) in [5, 5.41) is 3.94. The Balaban J connectivity index is 1.98. The highest BCUT2D eigenvalue weighted by molar-refractivity contribution is 7.21. The second-order valence-electron chi connectivity index (χ2n) is 5.61. The Morgan fingerprint density at radius 1 is 1.33 bits per heavy atom. The number of nitrogens with two attached hydrogens (primary N) is 1. The minimum atomic E-state index is -0.0591. The zero-order chi connectivity index (χ0) is 15.4. The van der Waals surface area contributed by atoms with Crippen LogP contribution >= 0.6 is 11.3 Å². The number of thiophene rings is 1. The summed E-state index contributed by atoms with van der Waals surface area (Å²) >= 11 is 1.47. The third-order valence-corrected chi connectivity index (χ3v) is 4.57. The van der Waals surface area contributed by atoms with E-state index in [1.165, 1.54) is 16.9 Å². The highest BCUT2D eigenvalue weighted by Crippen LogP contribution is 2.34. The number of hydrogen-bond acceptors (Lipinski definition) is 4. The number of carbonyl (C=O) groups is 1. The van der Waals surface area contributed by atoms with E-state index in [9.17, 15) is 4.79 Å². The number of nitrogen functional groups attached to an aromatic ring is 1. The Morgan fingerprint density at radius 2 is 2.10 bits per heavy atom. The van der Waals surface area contributed by atoms with E-state index in [4.69, 9.17) is 5.73 Å². The van der Waals surface area contributed by atoms with Crippen LogP contribution in [0.4, 0.5) is 5.69 Å². The molecule has 0 aliphatic heterocycles. The van der Waals surface area contributed by atoms with E-state index >= 15 is 0 Å². The van der Waals surface area contributed by atoms with Gasteiger partial charge in [-0.1, -0.05) is 12.1 Å². The Bertz CT molecular complexity index is 634. The van der Waals surface area contributed by atoms with Crippen LogP contribution < -0.4 is 11.1 Å². The normalized spacial score (nSPS) is 11.2. The molecule has 0 saturated carbocycles. The molecule has 0 bridgehead atoms. The monoisotopic (exact) mass is 305 g/mol. The first-order valence-corrected chi connectivity index (χ1v) is 8.02. The molecule has 1 aromatic heterocycles. The molecule has 0 radical (unpaired) electrons. The van der Waals surface area contributed by atoms with Crippen molar-refractivity contribution in [3.8, 4) is 0 Å². The summed E-state index contributed by atoms with van der Waals surface area (Å²) in [6.45, 7) is 3.78. The van der Waals surface area contributed by atoms with Gasteiger partial charge >= 0.3 is 0 Å². The number of aryl methyl sites for hydroxylation is 1. The molecule has 0 aliphatic carbocycles. The fourth-order valence-corrected chi connectivity index (χ4v) is 3.37. The predicted octanol–water partition coefficient (Wildman–Crippen LogP) is 2.86. The van der Waals surface area contributed by atoms with E-state index in [0.29, 0.717) is 17.1 Å². The molecule has 0 atom stereocenters. The van der Waals surface area contributed by atoms with Gasteiger partial charge in [0, 0.05) is 16.6 Å². The molecule has 0 spiro atoms. The lowest BCUT2D eigenvalue weighted by Gasteiger charge is -2.09. The largest absolute Gasteiger partial charge is 0.397 e. The molecule has 0 unspecified atom stereocenters. The third kappa shape index (κ3) is 3.95. The minimum Gasteiger partial charge on any atom is -0.397 e. The number of benzene rings is 1. The zero-order valence-corrected chi connectivity index (χ0v) is 13.7. The van der Waals surface area contributed by atoms with Gasteiger partial charge in [0.15, 0.2) is 0 Å². The van der Waals surface area contributed by atoms with Crippen molar-refractivity contribution in [2.45, 2.75) is 19.8 Å². The highest BCUT2D eigenvalue weighted by Gasteiger charge is 2.15. The van der Waals surface area contributed by atoms with Crippen LogP contribution in [0.25, 0.3) is 10.1 Å². The number of amides is 1. The summed E-state index contributed by atoms with van der Waals surface area (Å²) in [7, 11) is 4.11. The van der Waals surface area contributed by atoms with Crippen LogP contribution in [0.1, 0.15) is 28.1 Å². The number of rotatable bonds is 6. The van der Waals surface area contributed by atoms with Crippen LogP contribution in [0.2, 0.25) is 0 Å². The van der Waals surface area contributed by atoms with E-state index in [1.54, 1.807) is 0 Å². The number of hydrogen-bond donors (Lipinski definition) is 2. The molecule has 1 amide bonds. The average molecular weight is 305 g/mol. The van der Waals surface area contributed by atoms with Crippen LogP contribution in [0.15, 0.2) is 18.2 Å². The Morgan fingerprint density at radius 3 is 2.81 bits per heavy atom. The molecular formula is C16H23N3OS. The first kappa shape index (κ1) is 15.8. The zero-order valence-electron chi connectivity index (χ0n) is 12.9. The topological polar surface area (TPSA) is 58.4 Å². The van der Waals surface area contributed by atoms with E-state index in [-0.39, 0.29) is 5.91 Å². The van der Waals surface area contributed by atoms with Crippen molar-refractivity contribution in [1.29, 1.82) is 0 Å². The summed E-state index contributed by atoms with van der Waals surface area (Å²) in [6.07, 6.45) is 2.06. The molecule has 0 saturated heterocycles. The fourth-order valence-electron chi connectivity index (χ4n) is 2.23. The van der Waals surface area contributed by atoms with Gasteiger partial charge in [-0.15, -0.1) is 11.3 Å². The van der Waals surface area contributed by atoms with Gasteiger partial charge in [0.1, 0.15) is 4.88 Å². The first-order valence-electron chi connectivity index (χ1n) is 7.20. The lowest BCUT2D eigenvalue weighted by atomic mass is 10.1. The highest BCUT2D eigenvalue weighted by atomic mass is 32.1. The molecule has 0 aliphatic rings. The van der Waals surface area contributed by atoms with Crippen LogP contribution in [-0.4, -0.2) is 38.0 Å². The Labute approximate surface area is 129 Å². The van der Waals surface area contributed by atoms with Gasteiger partial charge in [0.05, 0.1) is 5.69 Å². The van der Waals surface area contributed by atoms with Crippen molar-refractivity contribution >= 4 is 33.0 Å². The van der Waals surface area contributed by atoms with Crippen LogP contribution in [0.5, 0.6) is 0 Å². The molecule has 1 heterocycles. The Kier molecular flexibility index (Phi) is 5.20. The molecule has 114 valence electrons. The van der Waals surface area contributed by atoms with Crippen molar-refractivity contribution in [2.75, 3.05) is 32.9 Å². The quantitative estimate of drug-likeness (QED) is 0.807. The summed E-state index contributed by atoms with van der Waals surface area (Å²) in [5.41, 5.74) is 7.88. The van der Waals surface area contributed by atoms with E-state index in [1.807, 2.05) is 19.1 Å². The maximum absolute atomic E-state index is 12.2. The van der Waals surface area contributed by atoms with Gasteiger partial charge in [-0.05, 0) is 52.0 Å². The van der Waals surface area contributed by atoms with Crippen LogP contribution in [-0.2, 0) is 0 Å². The van der Waals surface area contributed by atoms with E-state index in [0.717, 1.165) is 29.5 Å². The lowest BCUT2D eigenvalue weighted by Crippen LogP contribution is -2.25. The van der Waals surface area contributed by atoms with Gasteiger partial charge < -0.3 is 16.0 Å². The number of carbonyl (C=O) groups excluding carboxylic acids is 1. The number of nitrogens with one attached hydrogen (secondary N) is 1. The van der Waals surface area contributed by atoms with Crippen molar-refractivity contribution in [3.63, 3.8) is 0 Å². The molecule has 2 aromatic rings. The second kappa shape index (κ2) is 6.91. The van der Waals surface area contributed by atoms with Crippen molar-refractivity contribution in [3.05, 3.63) is 28.6 Å². The first-order chi connectivity index (χ1) is 9.99. The van der Waals surface area contributed by atoms with Gasteiger partial charge in [0.2, 0.25) is 0 Å². The van der Waals surface area contributed by atoms with Gasteiger partial charge in [-0.3, -0.25) is 4.79 Å². The average Bonchev–Trinajstić information content (AvgIpc) is 2.74. The molecule has 2 rings (SSSR count). The van der Waals surface area contributed by atoms with Crippen LogP contribution in [0.3, 0.4) is 0 Å².